The van der Waals surface area contributed by atoms with Crippen molar-refractivity contribution in [2.24, 2.45) is 5.41 Å². The molecule has 0 saturated carbocycles. The third-order valence-corrected chi connectivity index (χ3v) is 5.24. The van der Waals surface area contributed by atoms with Gasteiger partial charge in [-0.1, -0.05) is 36.8 Å². The van der Waals surface area contributed by atoms with Gasteiger partial charge >= 0.3 is 0 Å². The summed E-state index contributed by atoms with van der Waals surface area (Å²) in [7, 11) is 0. The number of aryl methyl sites for hydroxylation is 1. The van der Waals surface area contributed by atoms with Crippen LogP contribution in [0.25, 0.3) is 0 Å². The summed E-state index contributed by atoms with van der Waals surface area (Å²) in [5, 5.41) is 0. The largest absolute Gasteiger partial charge is 0.332 e. The van der Waals surface area contributed by atoms with E-state index in [4.69, 9.17) is 0 Å². The number of rotatable bonds is 3. The molecule has 2 nitrogen and oxygen atoms in total. The van der Waals surface area contributed by atoms with E-state index in [1.54, 1.807) is 11.8 Å². The average molecular weight is 293 g/mol. The van der Waals surface area contributed by atoms with Crippen LogP contribution in [0.5, 0.6) is 0 Å². The summed E-state index contributed by atoms with van der Waals surface area (Å²) in [6.45, 7) is 3.71. The van der Waals surface area contributed by atoms with Crippen molar-refractivity contribution in [3.8, 4) is 0 Å². The molecule has 0 unspecified atom stereocenters. The summed E-state index contributed by atoms with van der Waals surface area (Å²) >= 11 is 0. The van der Waals surface area contributed by atoms with Gasteiger partial charge in [-0.15, -0.1) is 0 Å². The highest BCUT2D eigenvalue weighted by Gasteiger charge is 2.59. The van der Waals surface area contributed by atoms with Crippen LogP contribution >= 0.6 is 0 Å². The Kier molecular flexibility index (Phi) is 3.50. The smallest absolute Gasteiger partial charge is 0.252 e. The average Bonchev–Trinajstić information content (AvgIpc) is 2.98. The van der Waals surface area contributed by atoms with Crippen LogP contribution in [0.3, 0.4) is 0 Å². The van der Waals surface area contributed by atoms with Crippen LogP contribution in [0.4, 0.5) is 8.78 Å². The summed E-state index contributed by atoms with van der Waals surface area (Å²) in [6.07, 6.45) is -0.333. The minimum absolute atomic E-state index is 0.0167. The Morgan fingerprint density at radius 2 is 2.14 bits per heavy atom. The third-order valence-electron chi connectivity index (χ3n) is 5.24. The van der Waals surface area contributed by atoms with Gasteiger partial charge in [0.1, 0.15) is 5.41 Å². The molecule has 3 rings (SSSR count). The number of benzene rings is 1. The Morgan fingerprint density at radius 1 is 1.38 bits per heavy atom. The number of alkyl halides is 2. The predicted molar refractivity (Wildman–Crippen MR) is 77.1 cm³/mol. The first kappa shape index (κ1) is 14.5. The molecule has 0 aromatic heterocycles. The van der Waals surface area contributed by atoms with Gasteiger partial charge in [0.25, 0.3) is 6.43 Å². The number of halogens is 2. The van der Waals surface area contributed by atoms with E-state index >= 15 is 0 Å². The second-order valence-electron chi connectivity index (χ2n) is 6.39. The monoisotopic (exact) mass is 293 g/mol. The molecule has 0 radical (unpaired) electrons. The molecule has 2 heterocycles. The summed E-state index contributed by atoms with van der Waals surface area (Å²) < 4.78 is 27.0. The SMILES string of the molecule is CC[C@@]1(C(F)F)C[C@H]2CC[C@@H](c3cccc(C)c3)N2C1=O. The van der Waals surface area contributed by atoms with E-state index in [-0.39, 0.29) is 24.4 Å². The van der Waals surface area contributed by atoms with Crippen molar-refractivity contribution in [1.82, 2.24) is 4.90 Å². The topological polar surface area (TPSA) is 20.3 Å². The van der Waals surface area contributed by atoms with E-state index in [2.05, 4.69) is 6.07 Å². The van der Waals surface area contributed by atoms with Crippen LogP contribution in [-0.2, 0) is 4.79 Å². The zero-order chi connectivity index (χ0) is 15.2. The molecule has 0 bridgehead atoms. The van der Waals surface area contributed by atoms with Crippen LogP contribution < -0.4 is 0 Å². The molecule has 2 fully saturated rings. The fourth-order valence-electron chi connectivity index (χ4n) is 3.99. The van der Waals surface area contributed by atoms with Crippen molar-refractivity contribution >= 4 is 5.91 Å². The van der Waals surface area contributed by atoms with Gasteiger partial charge in [0.05, 0.1) is 6.04 Å². The normalized spacial score (nSPS) is 32.0. The van der Waals surface area contributed by atoms with E-state index in [9.17, 15) is 13.6 Å². The van der Waals surface area contributed by atoms with Gasteiger partial charge in [0.15, 0.2) is 0 Å². The maximum absolute atomic E-state index is 13.5. The molecular formula is C17H21F2NO. The first-order chi connectivity index (χ1) is 9.99. The molecule has 0 aliphatic carbocycles. The second kappa shape index (κ2) is 5.08. The van der Waals surface area contributed by atoms with Crippen molar-refractivity contribution in [3.05, 3.63) is 35.4 Å². The van der Waals surface area contributed by atoms with Crippen molar-refractivity contribution in [2.45, 2.75) is 58.0 Å². The van der Waals surface area contributed by atoms with E-state index in [1.165, 1.54) is 0 Å². The summed E-state index contributed by atoms with van der Waals surface area (Å²) in [6, 6.07) is 8.00. The summed E-state index contributed by atoms with van der Waals surface area (Å²) in [5.74, 6) is -0.339. The molecule has 21 heavy (non-hydrogen) atoms. The zero-order valence-electron chi connectivity index (χ0n) is 12.5. The van der Waals surface area contributed by atoms with E-state index in [1.807, 2.05) is 25.1 Å². The van der Waals surface area contributed by atoms with Crippen molar-refractivity contribution in [2.75, 3.05) is 0 Å². The lowest BCUT2D eigenvalue weighted by Crippen LogP contribution is -2.40. The van der Waals surface area contributed by atoms with E-state index < -0.39 is 11.8 Å². The molecule has 1 aromatic rings. The van der Waals surface area contributed by atoms with E-state index in [0.29, 0.717) is 6.42 Å². The molecule has 1 amide bonds. The number of carbonyl (C=O) groups excluding carboxylic acids is 1. The van der Waals surface area contributed by atoms with Gasteiger partial charge in [-0.05, 0) is 38.2 Å². The van der Waals surface area contributed by atoms with Crippen LogP contribution in [0.15, 0.2) is 24.3 Å². The fraction of sp³-hybridized carbons (Fsp3) is 0.588. The van der Waals surface area contributed by atoms with Gasteiger partial charge in [-0.2, -0.15) is 0 Å². The van der Waals surface area contributed by atoms with Gasteiger partial charge in [-0.25, -0.2) is 8.78 Å². The highest BCUT2D eigenvalue weighted by atomic mass is 19.3. The third kappa shape index (κ3) is 2.07. The zero-order valence-corrected chi connectivity index (χ0v) is 12.5. The lowest BCUT2D eigenvalue weighted by Gasteiger charge is -2.29. The second-order valence-corrected chi connectivity index (χ2v) is 6.39. The summed E-state index contributed by atoms with van der Waals surface area (Å²) in [5.41, 5.74) is 0.762. The number of fused-ring (bicyclic) bond motifs is 1. The Morgan fingerprint density at radius 3 is 2.76 bits per heavy atom. The quantitative estimate of drug-likeness (QED) is 0.822. The standard InChI is InChI=1S/C17H21F2NO/c1-3-17(15(18)19)10-13-7-8-14(20(13)16(17)21)12-6-4-5-11(2)9-12/h4-6,9,13-15H,3,7-8,10H2,1-2H3/t13-,14+,17+/m1/s1. The predicted octanol–water partition coefficient (Wildman–Crippen LogP) is 4.09. The molecule has 0 spiro atoms. The lowest BCUT2D eigenvalue weighted by atomic mass is 9.81. The molecule has 1 aromatic carbocycles. The Balaban J connectivity index is 1.94. The number of hydrogen-bond donors (Lipinski definition) is 0. The molecule has 2 aliphatic heterocycles. The molecule has 3 atom stereocenters. The summed E-state index contributed by atoms with van der Waals surface area (Å²) in [4.78, 5) is 14.5. The van der Waals surface area contributed by atoms with Crippen LogP contribution in [0, 0.1) is 12.3 Å². The highest BCUT2D eigenvalue weighted by Crippen LogP contribution is 2.52. The number of hydrogen-bond acceptors (Lipinski definition) is 1. The van der Waals surface area contributed by atoms with Crippen molar-refractivity contribution in [1.29, 1.82) is 0 Å². The van der Waals surface area contributed by atoms with Gasteiger partial charge < -0.3 is 4.90 Å². The van der Waals surface area contributed by atoms with Gasteiger partial charge in [-0.3, -0.25) is 4.79 Å². The van der Waals surface area contributed by atoms with Gasteiger partial charge in [0.2, 0.25) is 5.91 Å². The molecule has 2 aliphatic rings. The van der Waals surface area contributed by atoms with Crippen molar-refractivity contribution in [3.63, 3.8) is 0 Å². The minimum Gasteiger partial charge on any atom is -0.332 e. The molecule has 2 saturated heterocycles. The first-order valence-electron chi connectivity index (χ1n) is 7.67. The van der Waals surface area contributed by atoms with Crippen LogP contribution in [-0.4, -0.2) is 23.3 Å². The lowest BCUT2D eigenvalue weighted by molar-refractivity contribution is -0.146. The molecule has 0 N–H and O–H groups in total. The highest BCUT2D eigenvalue weighted by molar-refractivity contribution is 5.86. The maximum atomic E-state index is 13.5. The molecular weight excluding hydrogens is 272 g/mol. The van der Waals surface area contributed by atoms with Crippen LogP contribution in [0.1, 0.15) is 49.8 Å². The number of nitrogens with zero attached hydrogens (tertiary/aromatic N) is 1. The maximum Gasteiger partial charge on any atom is 0.252 e. The van der Waals surface area contributed by atoms with Crippen molar-refractivity contribution < 1.29 is 13.6 Å². The minimum atomic E-state index is -2.57. The first-order valence-corrected chi connectivity index (χ1v) is 7.67. The number of amides is 1. The number of carbonyl (C=O) groups is 1. The van der Waals surface area contributed by atoms with E-state index in [0.717, 1.165) is 24.0 Å². The fourth-order valence-corrected chi connectivity index (χ4v) is 3.99. The molecule has 4 heteroatoms. The van der Waals surface area contributed by atoms with Gasteiger partial charge in [0, 0.05) is 6.04 Å². The Hall–Kier alpha value is -1.45. The molecule has 114 valence electrons. The van der Waals surface area contributed by atoms with Crippen LogP contribution in [0.2, 0.25) is 0 Å². The Bertz CT molecular complexity index is 559. The Labute approximate surface area is 124 Å².